The van der Waals surface area contributed by atoms with Gasteiger partial charge in [-0.1, -0.05) is 18.5 Å². The standard InChI is InChI=1S/C15H20ClN3O2/c1-2-17-14-10-8-11(16)13(9-12(10)18-15(14)20)19-4-3-6-21-7-5-19/h8-9,14,17H,2-7H2,1H3,(H,18,20). The van der Waals surface area contributed by atoms with E-state index in [0.717, 1.165) is 49.6 Å². The molecule has 1 atom stereocenters. The topological polar surface area (TPSA) is 53.6 Å². The summed E-state index contributed by atoms with van der Waals surface area (Å²) in [5, 5.41) is 6.81. The van der Waals surface area contributed by atoms with Crippen molar-refractivity contribution in [3.8, 4) is 0 Å². The first-order valence-electron chi connectivity index (χ1n) is 7.41. The van der Waals surface area contributed by atoms with E-state index >= 15 is 0 Å². The fourth-order valence-electron chi connectivity index (χ4n) is 2.91. The minimum atomic E-state index is -0.302. The average Bonchev–Trinajstić information content (AvgIpc) is 2.68. The normalized spacial score (nSPS) is 21.9. The van der Waals surface area contributed by atoms with Gasteiger partial charge >= 0.3 is 0 Å². The van der Waals surface area contributed by atoms with Crippen molar-refractivity contribution in [1.29, 1.82) is 0 Å². The van der Waals surface area contributed by atoms with Crippen LogP contribution in [0.4, 0.5) is 11.4 Å². The molecule has 5 nitrogen and oxygen atoms in total. The monoisotopic (exact) mass is 309 g/mol. The summed E-state index contributed by atoms with van der Waals surface area (Å²) in [5.74, 6) is -0.0146. The smallest absolute Gasteiger partial charge is 0.246 e. The number of halogens is 1. The third kappa shape index (κ3) is 2.86. The van der Waals surface area contributed by atoms with Gasteiger partial charge in [0, 0.05) is 30.9 Å². The number of amides is 1. The van der Waals surface area contributed by atoms with E-state index in [1.807, 2.05) is 19.1 Å². The lowest BCUT2D eigenvalue weighted by molar-refractivity contribution is -0.117. The number of carbonyl (C=O) groups is 1. The van der Waals surface area contributed by atoms with Crippen LogP contribution in [0.5, 0.6) is 0 Å². The Bertz CT molecular complexity index is 542. The Morgan fingerprint density at radius 2 is 2.29 bits per heavy atom. The van der Waals surface area contributed by atoms with Crippen molar-refractivity contribution in [2.75, 3.05) is 43.1 Å². The van der Waals surface area contributed by atoms with Crippen molar-refractivity contribution in [1.82, 2.24) is 5.32 Å². The number of nitrogens with zero attached hydrogens (tertiary/aromatic N) is 1. The van der Waals surface area contributed by atoms with Crippen molar-refractivity contribution < 1.29 is 9.53 Å². The third-order valence-electron chi connectivity index (χ3n) is 3.92. The van der Waals surface area contributed by atoms with Crippen LogP contribution in [0.1, 0.15) is 24.9 Å². The number of fused-ring (bicyclic) bond motifs is 1. The highest BCUT2D eigenvalue weighted by Crippen LogP contribution is 2.39. The van der Waals surface area contributed by atoms with Gasteiger partial charge in [0.25, 0.3) is 0 Å². The van der Waals surface area contributed by atoms with Crippen LogP contribution < -0.4 is 15.5 Å². The van der Waals surface area contributed by atoms with Gasteiger partial charge in [0.1, 0.15) is 6.04 Å². The van der Waals surface area contributed by atoms with Crippen LogP contribution in [0.25, 0.3) is 0 Å². The molecule has 1 unspecified atom stereocenters. The maximum Gasteiger partial charge on any atom is 0.246 e. The SMILES string of the molecule is CCNC1C(=O)Nc2cc(N3CCCOCC3)c(Cl)cc21. The van der Waals surface area contributed by atoms with Crippen molar-refractivity contribution in [2.45, 2.75) is 19.4 Å². The van der Waals surface area contributed by atoms with Gasteiger partial charge in [-0.3, -0.25) is 4.79 Å². The number of benzene rings is 1. The van der Waals surface area contributed by atoms with E-state index in [2.05, 4.69) is 15.5 Å². The number of rotatable bonds is 3. The lowest BCUT2D eigenvalue weighted by Gasteiger charge is -2.24. The molecule has 0 bridgehead atoms. The Morgan fingerprint density at radius 1 is 1.43 bits per heavy atom. The summed E-state index contributed by atoms with van der Waals surface area (Å²) in [6.45, 7) is 5.96. The van der Waals surface area contributed by atoms with Crippen molar-refractivity contribution in [3.05, 3.63) is 22.7 Å². The predicted octanol–water partition coefficient (Wildman–Crippen LogP) is 2.17. The van der Waals surface area contributed by atoms with Crippen LogP contribution in [-0.4, -0.2) is 38.8 Å². The molecule has 1 fully saturated rings. The molecule has 21 heavy (non-hydrogen) atoms. The molecule has 0 radical (unpaired) electrons. The number of likely N-dealkylation sites (N-methyl/N-ethyl adjacent to an activating group) is 1. The molecule has 0 aliphatic carbocycles. The number of hydrogen-bond donors (Lipinski definition) is 2. The fourth-order valence-corrected chi connectivity index (χ4v) is 3.20. The molecule has 0 saturated carbocycles. The zero-order chi connectivity index (χ0) is 14.8. The predicted molar refractivity (Wildman–Crippen MR) is 84.1 cm³/mol. The maximum atomic E-state index is 12.0. The first kappa shape index (κ1) is 14.6. The van der Waals surface area contributed by atoms with Gasteiger partial charge < -0.3 is 20.3 Å². The summed E-state index contributed by atoms with van der Waals surface area (Å²) in [6.07, 6.45) is 0.986. The van der Waals surface area contributed by atoms with Gasteiger partial charge in [0.2, 0.25) is 5.91 Å². The van der Waals surface area contributed by atoms with Gasteiger partial charge in [-0.05, 0) is 25.1 Å². The quantitative estimate of drug-likeness (QED) is 0.898. The number of hydrogen-bond acceptors (Lipinski definition) is 4. The van der Waals surface area contributed by atoms with Crippen LogP contribution in [0.15, 0.2) is 12.1 Å². The van der Waals surface area contributed by atoms with Crippen LogP contribution in [0, 0.1) is 0 Å². The van der Waals surface area contributed by atoms with Crippen LogP contribution in [-0.2, 0) is 9.53 Å². The number of nitrogens with one attached hydrogen (secondary N) is 2. The molecular weight excluding hydrogens is 290 g/mol. The second kappa shape index (κ2) is 6.22. The summed E-state index contributed by atoms with van der Waals surface area (Å²) < 4.78 is 5.48. The molecule has 1 aromatic carbocycles. The summed E-state index contributed by atoms with van der Waals surface area (Å²) in [5.41, 5.74) is 2.76. The molecular formula is C15H20ClN3O2. The summed E-state index contributed by atoms with van der Waals surface area (Å²) >= 11 is 6.46. The minimum absolute atomic E-state index is 0.0146. The first-order valence-corrected chi connectivity index (χ1v) is 7.79. The summed E-state index contributed by atoms with van der Waals surface area (Å²) in [4.78, 5) is 14.2. The lowest BCUT2D eigenvalue weighted by atomic mass is 10.1. The minimum Gasteiger partial charge on any atom is -0.380 e. The van der Waals surface area contributed by atoms with E-state index in [1.165, 1.54) is 0 Å². The Balaban J connectivity index is 1.91. The fraction of sp³-hybridized carbons (Fsp3) is 0.533. The molecule has 2 heterocycles. The number of anilines is 2. The second-order valence-electron chi connectivity index (χ2n) is 5.32. The highest BCUT2D eigenvalue weighted by molar-refractivity contribution is 6.33. The second-order valence-corrected chi connectivity index (χ2v) is 5.73. The number of carbonyl (C=O) groups excluding carboxylic acids is 1. The molecule has 2 N–H and O–H groups in total. The van der Waals surface area contributed by atoms with Crippen molar-refractivity contribution >= 4 is 28.9 Å². The van der Waals surface area contributed by atoms with Crippen LogP contribution in [0.2, 0.25) is 5.02 Å². The zero-order valence-electron chi connectivity index (χ0n) is 12.1. The lowest BCUT2D eigenvalue weighted by Crippen LogP contribution is -2.27. The van der Waals surface area contributed by atoms with Gasteiger partial charge in [-0.2, -0.15) is 0 Å². The third-order valence-corrected chi connectivity index (χ3v) is 4.22. The van der Waals surface area contributed by atoms with E-state index in [4.69, 9.17) is 16.3 Å². The average molecular weight is 310 g/mol. The molecule has 1 aromatic rings. The highest BCUT2D eigenvalue weighted by Gasteiger charge is 2.31. The van der Waals surface area contributed by atoms with E-state index in [9.17, 15) is 4.79 Å². The van der Waals surface area contributed by atoms with Gasteiger partial charge in [0.05, 0.1) is 17.3 Å². The summed E-state index contributed by atoms with van der Waals surface area (Å²) in [7, 11) is 0. The van der Waals surface area contributed by atoms with Gasteiger partial charge in [0.15, 0.2) is 0 Å². The molecule has 1 saturated heterocycles. The molecule has 6 heteroatoms. The van der Waals surface area contributed by atoms with E-state index in [1.54, 1.807) is 0 Å². The molecule has 2 aliphatic heterocycles. The molecule has 2 aliphatic rings. The zero-order valence-corrected chi connectivity index (χ0v) is 12.9. The Kier molecular flexibility index (Phi) is 4.33. The first-order chi connectivity index (χ1) is 10.2. The molecule has 1 amide bonds. The molecule has 114 valence electrons. The van der Waals surface area contributed by atoms with Crippen LogP contribution in [0.3, 0.4) is 0 Å². The number of ether oxygens (including phenoxy) is 1. The van der Waals surface area contributed by atoms with E-state index in [-0.39, 0.29) is 11.9 Å². The van der Waals surface area contributed by atoms with Crippen molar-refractivity contribution in [3.63, 3.8) is 0 Å². The molecule has 0 spiro atoms. The summed E-state index contributed by atoms with van der Waals surface area (Å²) in [6, 6.07) is 3.59. The van der Waals surface area contributed by atoms with Gasteiger partial charge in [-0.15, -0.1) is 0 Å². The molecule has 3 rings (SSSR count). The Hall–Kier alpha value is -1.30. The van der Waals surface area contributed by atoms with E-state index in [0.29, 0.717) is 11.6 Å². The maximum absolute atomic E-state index is 12.0. The Morgan fingerprint density at radius 3 is 3.10 bits per heavy atom. The van der Waals surface area contributed by atoms with Gasteiger partial charge in [-0.25, -0.2) is 0 Å². The highest BCUT2D eigenvalue weighted by atomic mass is 35.5. The van der Waals surface area contributed by atoms with Crippen molar-refractivity contribution in [2.24, 2.45) is 0 Å². The van der Waals surface area contributed by atoms with Crippen LogP contribution >= 0.6 is 11.6 Å². The largest absolute Gasteiger partial charge is 0.380 e. The molecule has 0 aromatic heterocycles. The van der Waals surface area contributed by atoms with E-state index < -0.39 is 0 Å². The Labute approximate surface area is 129 Å².